The number of imidazole rings is 1. The fourth-order valence-electron chi connectivity index (χ4n) is 3.72. The minimum absolute atomic E-state index is 0.278. The lowest BCUT2D eigenvalue weighted by molar-refractivity contribution is -0.136. The van der Waals surface area contributed by atoms with Crippen LogP contribution >= 0.6 is 0 Å². The van der Waals surface area contributed by atoms with Crippen LogP contribution in [-0.4, -0.2) is 21.9 Å². The van der Waals surface area contributed by atoms with Gasteiger partial charge < -0.3 is 10.7 Å². The molecule has 6 nitrogen and oxygen atoms in total. The topological polar surface area (TPSA) is 93.0 Å². The second-order valence-corrected chi connectivity index (χ2v) is 7.81. The number of benzene rings is 3. The van der Waals surface area contributed by atoms with Gasteiger partial charge in [-0.05, 0) is 29.9 Å². The van der Waals surface area contributed by atoms with Crippen molar-refractivity contribution in [1.29, 1.82) is 0 Å². The predicted octanol–water partition coefficient (Wildman–Crippen LogP) is 4.39. The van der Waals surface area contributed by atoms with Crippen molar-refractivity contribution < 1.29 is 9.63 Å². The van der Waals surface area contributed by atoms with Crippen molar-refractivity contribution in [3.63, 3.8) is 0 Å². The first-order valence-corrected chi connectivity index (χ1v) is 10.8. The Kier molecular flexibility index (Phi) is 6.92. The molecule has 1 amide bonds. The molecule has 6 heteroatoms. The fourth-order valence-corrected chi connectivity index (χ4v) is 3.72. The van der Waals surface area contributed by atoms with E-state index in [0.29, 0.717) is 13.0 Å². The molecule has 0 bridgehead atoms. The summed E-state index contributed by atoms with van der Waals surface area (Å²) < 4.78 is 0. The van der Waals surface area contributed by atoms with Crippen LogP contribution in [0.5, 0.6) is 0 Å². The SMILES string of the molecule is NC(CCCCCc1nc2c(ccc3ccccc32)[nH]1)C(=O)NOCc1ccccc1. The Labute approximate surface area is 181 Å². The number of rotatable bonds is 10. The van der Waals surface area contributed by atoms with Crippen molar-refractivity contribution >= 4 is 27.7 Å². The number of carbonyl (C=O) groups excluding carboxylic acids is 1. The number of H-pyrrole nitrogens is 1. The number of amides is 1. The van der Waals surface area contributed by atoms with Crippen LogP contribution in [0.15, 0.2) is 66.7 Å². The number of nitrogens with zero attached hydrogens (tertiary/aromatic N) is 1. The van der Waals surface area contributed by atoms with E-state index in [1.54, 1.807) is 0 Å². The molecule has 0 aliphatic rings. The zero-order valence-corrected chi connectivity index (χ0v) is 17.5. The predicted molar refractivity (Wildman–Crippen MR) is 123 cm³/mol. The van der Waals surface area contributed by atoms with Gasteiger partial charge in [-0.15, -0.1) is 0 Å². The molecule has 1 aromatic heterocycles. The zero-order chi connectivity index (χ0) is 21.5. The second kappa shape index (κ2) is 10.2. The van der Waals surface area contributed by atoms with Gasteiger partial charge in [-0.2, -0.15) is 0 Å². The Balaban J connectivity index is 1.17. The number of aryl methyl sites for hydroxylation is 1. The molecule has 0 saturated heterocycles. The highest BCUT2D eigenvalue weighted by Crippen LogP contribution is 2.23. The third-order valence-corrected chi connectivity index (χ3v) is 5.45. The molecule has 0 spiro atoms. The van der Waals surface area contributed by atoms with Crippen LogP contribution in [-0.2, 0) is 22.7 Å². The number of aromatic nitrogens is 2. The zero-order valence-electron chi connectivity index (χ0n) is 17.5. The highest BCUT2D eigenvalue weighted by molar-refractivity contribution is 6.04. The quantitative estimate of drug-likeness (QED) is 0.264. The van der Waals surface area contributed by atoms with Gasteiger partial charge in [0, 0.05) is 11.8 Å². The molecule has 0 fully saturated rings. The highest BCUT2D eigenvalue weighted by atomic mass is 16.6. The van der Waals surface area contributed by atoms with Gasteiger partial charge in [0.25, 0.3) is 5.91 Å². The monoisotopic (exact) mass is 416 g/mol. The first-order valence-electron chi connectivity index (χ1n) is 10.8. The molecule has 160 valence electrons. The molecular formula is C25H28N4O2. The lowest BCUT2D eigenvalue weighted by atomic mass is 10.1. The number of nitrogens with two attached hydrogens (primary N) is 1. The number of unbranched alkanes of at least 4 members (excludes halogenated alkanes) is 2. The van der Waals surface area contributed by atoms with Crippen LogP contribution in [0.25, 0.3) is 21.8 Å². The molecule has 3 aromatic carbocycles. The van der Waals surface area contributed by atoms with Gasteiger partial charge in [-0.25, -0.2) is 10.5 Å². The minimum Gasteiger partial charge on any atom is -0.342 e. The summed E-state index contributed by atoms with van der Waals surface area (Å²) >= 11 is 0. The first-order chi connectivity index (χ1) is 15.2. The molecule has 31 heavy (non-hydrogen) atoms. The summed E-state index contributed by atoms with van der Waals surface area (Å²) in [7, 11) is 0. The molecular weight excluding hydrogens is 388 g/mol. The van der Waals surface area contributed by atoms with Crippen molar-refractivity contribution in [3.05, 3.63) is 78.1 Å². The van der Waals surface area contributed by atoms with Crippen LogP contribution < -0.4 is 11.2 Å². The van der Waals surface area contributed by atoms with Crippen molar-refractivity contribution in [2.75, 3.05) is 0 Å². The minimum atomic E-state index is -0.562. The summed E-state index contributed by atoms with van der Waals surface area (Å²) in [5.74, 6) is 0.725. The highest BCUT2D eigenvalue weighted by Gasteiger charge is 2.13. The summed E-state index contributed by atoms with van der Waals surface area (Å²) in [6, 6.07) is 21.6. The maximum atomic E-state index is 12.0. The molecule has 0 saturated carbocycles. The summed E-state index contributed by atoms with van der Waals surface area (Å²) in [5.41, 5.74) is 11.5. The molecule has 1 unspecified atom stereocenters. The van der Waals surface area contributed by atoms with Gasteiger partial charge in [0.05, 0.1) is 23.7 Å². The average Bonchev–Trinajstić information content (AvgIpc) is 3.23. The lowest BCUT2D eigenvalue weighted by Crippen LogP contribution is -2.40. The van der Waals surface area contributed by atoms with Gasteiger partial charge >= 0.3 is 0 Å². The number of fused-ring (bicyclic) bond motifs is 3. The summed E-state index contributed by atoms with van der Waals surface area (Å²) in [5, 5.41) is 2.38. The Hall–Kier alpha value is -3.22. The van der Waals surface area contributed by atoms with E-state index in [0.717, 1.165) is 48.1 Å². The van der Waals surface area contributed by atoms with E-state index < -0.39 is 6.04 Å². The van der Waals surface area contributed by atoms with Gasteiger partial charge in [-0.3, -0.25) is 9.63 Å². The number of carbonyl (C=O) groups is 1. The molecule has 0 radical (unpaired) electrons. The Bertz CT molecular complexity index is 1140. The van der Waals surface area contributed by atoms with Crippen molar-refractivity contribution in [3.8, 4) is 0 Å². The Morgan fingerprint density at radius 3 is 2.68 bits per heavy atom. The van der Waals surface area contributed by atoms with Crippen LogP contribution in [0.3, 0.4) is 0 Å². The Morgan fingerprint density at radius 1 is 1.00 bits per heavy atom. The molecule has 4 N–H and O–H groups in total. The number of nitrogens with one attached hydrogen (secondary N) is 2. The van der Waals surface area contributed by atoms with Crippen LogP contribution in [0.1, 0.15) is 37.1 Å². The summed E-state index contributed by atoms with van der Waals surface area (Å²) in [4.78, 5) is 25.5. The van der Waals surface area contributed by atoms with Gasteiger partial charge in [0.1, 0.15) is 5.82 Å². The standard InChI is InChI=1S/C25H28N4O2/c26-21(25(30)29-31-17-18-9-3-1-4-10-18)13-5-2-6-14-23-27-22-16-15-19-11-7-8-12-20(19)24(22)28-23/h1,3-4,7-12,15-16,21H,2,5-6,13-14,17,26H2,(H,27,28)(H,29,30). The van der Waals surface area contributed by atoms with E-state index >= 15 is 0 Å². The van der Waals surface area contributed by atoms with Gasteiger partial charge in [0.15, 0.2) is 0 Å². The van der Waals surface area contributed by atoms with Crippen LogP contribution in [0, 0.1) is 0 Å². The molecule has 0 aliphatic heterocycles. The van der Waals surface area contributed by atoms with E-state index in [1.807, 2.05) is 42.5 Å². The fraction of sp³-hybridized carbons (Fsp3) is 0.280. The number of hydrogen-bond acceptors (Lipinski definition) is 4. The van der Waals surface area contributed by atoms with Crippen molar-refractivity contribution in [1.82, 2.24) is 15.4 Å². The molecule has 4 aromatic rings. The summed E-state index contributed by atoms with van der Waals surface area (Å²) in [6.45, 7) is 0.325. The van der Waals surface area contributed by atoms with Gasteiger partial charge in [-0.1, -0.05) is 73.5 Å². The Morgan fingerprint density at radius 2 is 1.81 bits per heavy atom. The van der Waals surface area contributed by atoms with E-state index in [1.165, 1.54) is 10.8 Å². The normalized spacial score (nSPS) is 12.3. The molecule has 4 rings (SSSR count). The third-order valence-electron chi connectivity index (χ3n) is 5.45. The largest absolute Gasteiger partial charge is 0.342 e. The molecule has 0 aliphatic carbocycles. The lowest BCUT2D eigenvalue weighted by Gasteiger charge is -2.12. The van der Waals surface area contributed by atoms with E-state index in [4.69, 9.17) is 15.6 Å². The maximum Gasteiger partial charge on any atom is 0.260 e. The average molecular weight is 417 g/mol. The van der Waals surface area contributed by atoms with Crippen molar-refractivity contribution in [2.45, 2.75) is 44.8 Å². The maximum absolute atomic E-state index is 12.0. The van der Waals surface area contributed by atoms with E-state index in [9.17, 15) is 4.79 Å². The van der Waals surface area contributed by atoms with Crippen LogP contribution in [0.2, 0.25) is 0 Å². The van der Waals surface area contributed by atoms with E-state index in [2.05, 4.69) is 34.7 Å². The van der Waals surface area contributed by atoms with Crippen molar-refractivity contribution in [2.24, 2.45) is 5.73 Å². The smallest absolute Gasteiger partial charge is 0.260 e. The van der Waals surface area contributed by atoms with E-state index in [-0.39, 0.29) is 5.91 Å². The second-order valence-electron chi connectivity index (χ2n) is 7.81. The molecule has 1 atom stereocenters. The first kappa shape index (κ1) is 21.0. The van der Waals surface area contributed by atoms with Gasteiger partial charge in [0.2, 0.25) is 0 Å². The number of hydrogen-bond donors (Lipinski definition) is 3. The number of hydroxylamine groups is 1. The summed E-state index contributed by atoms with van der Waals surface area (Å²) in [6.07, 6.45) is 4.38. The third kappa shape index (κ3) is 5.48. The molecule has 1 heterocycles. The number of aromatic amines is 1. The van der Waals surface area contributed by atoms with Crippen LogP contribution in [0.4, 0.5) is 0 Å².